The number of nitrogens with zero attached hydrogens (tertiary/aromatic N) is 2. The Morgan fingerprint density at radius 3 is 2.58 bits per heavy atom. The molecule has 0 saturated heterocycles. The van der Waals surface area contributed by atoms with Crippen molar-refractivity contribution in [3.8, 4) is 0 Å². The first-order valence-corrected chi connectivity index (χ1v) is 8.10. The number of fused-ring (bicyclic) bond motifs is 1. The van der Waals surface area contributed by atoms with Gasteiger partial charge in [-0.2, -0.15) is 5.10 Å². The third-order valence-electron chi connectivity index (χ3n) is 3.81. The predicted octanol–water partition coefficient (Wildman–Crippen LogP) is 2.49. The highest BCUT2D eigenvalue weighted by Gasteiger charge is 2.15. The van der Waals surface area contributed by atoms with E-state index in [1.165, 1.54) is 24.3 Å². The lowest BCUT2D eigenvalue weighted by atomic mass is 10.2. The number of carbonyl (C=O) groups excluding carboxylic acids is 2. The summed E-state index contributed by atoms with van der Waals surface area (Å²) in [6.45, 7) is 0.811. The molecule has 7 nitrogen and oxygen atoms in total. The van der Waals surface area contributed by atoms with Gasteiger partial charge in [0.2, 0.25) is 0 Å². The van der Waals surface area contributed by atoms with Crippen LogP contribution in [-0.4, -0.2) is 28.3 Å². The maximum atomic E-state index is 12.8. The number of aryl methyl sites for hydroxylation is 1. The Kier molecular flexibility index (Phi) is 5.12. The molecule has 2 aromatic carbocycles. The number of amides is 3. The molecule has 3 amide bonds. The molecular formula is C18H18FN5O2. The van der Waals surface area contributed by atoms with E-state index in [0.717, 1.165) is 0 Å². The van der Waals surface area contributed by atoms with Gasteiger partial charge >= 0.3 is 6.03 Å². The second kappa shape index (κ2) is 7.64. The second-order valence-electron chi connectivity index (χ2n) is 5.69. The van der Waals surface area contributed by atoms with Gasteiger partial charge in [0.05, 0.1) is 5.52 Å². The van der Waals surface area contributed by atoms with Crippen LogP contribution in [0.1, 0.15) is 16.9 Å². The van der Waals surface area contributed by atoms with Crippen molar-refractivity contribution in [2.45, 2.75) is 13.0 Å². The van der Waals surface area contributed by atoms with Gasteiger partial charge in [-0.3, -0.25) is 9.48 Å². The summed E-state index contributed by atoms with van der Waals surface area (Å²) >= 11 is 0. The third-order valence-corrected chi connectivity index (χ3v) is 3.81. The Bertz CT molecular complexity index is 936. The Hall–Kier alpha value is -3.42. The maximum Gasteiger partial charge on any atom is 0.319 e. The summed E-state index contributed by atoms with van der Waals surface area (Å²) in [4.78, 5) is 23.5. The first-order valence-electron chi connectivity index (χ1n) is 8.10. The molecule has 134 valence electrons. The molecule has 0 aliphatic rings. The maximum absolute atomic E-state index is 12.8. The van der Waals surface area contributed by atoms with Crippen LogP contribution >= 0.6 is 0 Å². The largest absolute Gasteiger partial charge is 0.364 e. The van der Waals surface area contributed by atoms with Gasteiger partial charge in [0, 0.05) is 24.2 Å². The number of nitrogens with one attached hydrogen (secondary N) is 2. The zero-order valence-corrected chi connectivity index (χ0v) is 13.9. The highest BCUT2D eigenvalue weighted by molar-refractivity contribution is 6.04. The summed E-state index contributed by atoms with van der Waals surface area (Å²) in [6, 6.07) is 12.4. The fraction of sp³-hybridized carbons (Fsp3) is 0.167. The minimum Gasteiger partial charge on any atom is -0.364 e. The van der Waals surface area contributed by atoms with Gasteiger partial charge in [0.25, 0.3) is 5.91 Å². The molecular weight excluding hydrogens is 337 g/mol. The lowest BCUT2D eigenvalue weighted by Crippen LogP contribution is -2.30. The Morgan fingerprint density at radius 1 is 1.12 bits per heavy atom. The quantitative estimate of drug-likeness (QED) is 0.592. The number of benzene rings is 2. The molecule has 3 rings (SSSR count). The number of rotatable bonds is 6. The van der Waals surface area contributed by atoms with E-state index in [1.807, 2.05) is 18.2 Å². The summed E-state index contributed by atoms with van der Waals surface area (Å²) in [5.41, 5.74) is 7.02. The van der Waals surface area contributed by atoms with Crippen molar-refractivity contribution in [1.29, 1.82) is 0 Å². The van der Waals surface area contributed by atoms with Gasteiger partial charge in [-0.05, 0) is 36.8 Å². The van der Waals surface area contributed by atoms with Crippen LogP contribution in [-0.2, 0) is 6.54 Å². The summed E-state index contributed by atoms with van der Waals surface area (Å²) < 4.78 is 14.4. The van der Waals surface area contributed by atoms with E-state index >= 15 is 0 Å². The van der Waals surface area contributed by atoms with E-state index in [4.69, 9.17) is 5.73 Å². The van der Waals surface area contributed by atoms with Crippen LogP contribution in [0.3, 0.4) is 0 Å². The van der Waals surface area contributed by atoms with E-state index in [2.05, 4.69) is 15.7 Å². The average Bonchev–Trinajstić information content (AvgIpc) is 2.99. The van der Waals surface area contributed by atoms with E-state index in [-0.39, 0.29) is 5.82 Å². The van der Waals surface area contributed by atoms with Crippen molar-refractivity contribution in [1.82, 2.24) is 15.1 Å². The van der Waals surface area contributed by atoms with Crippen LogP contribution in [0.5, 0.6) is 0 Å². The monoisotopic (exact) mass is 355 g/mol. The smallest absolute Gasteiger partial charge is 0.319 e. The molecule has 0 saturated carbocycles. The van der Waals surface area contributed by atoms with Gasteiger partial charge in [0.1, 0.15) is 11.5 Å². The number of aromatic nitrogens is 2. The van der Waals surface area contributed by atoms with Crippen LogP contribution in [0.2, 0.25) is 0 Å². The van der Waals surface area contributed by atoms with E-state index in [1.54, 1.807) is 10.7 Å². The number of halogens is 1. The van der Waals surface area contributed by atoms with Gasteiger partial charge in [-0.15, -0.1) is 0 Å². The molecule has 0 fully saturated rings. The summed E-state index contributed by atoms with van der Waals surface area (Å²) in [5.74, 6) is -0.909. The minimum absolute atomic E-state index is 0.358. The average molecular weight is 355 g/mol. The minimum atomic E-state index is -0.541. The summed E-state index contributed by atoms with van der Waals surface area (Å²) in [6.07, 6.45) is 0.561. The fourth-order valence-electron chi connectivity index (χ4n) is 2.64. The van der Waals surface area contributed by atoms with Crippen molar-refractivity contribution >= 4 is 28.5 Å². The Labute approximate surface area is 149 Å². The molecule has 8 heteroatoms. The second-order valence-corrected chi connectivity index (χ2v) is 5.69. The van der Waals surface area contributed by atoms with Gasteiger partial charge in [-0.1, -0.05) is 18.2 Å². The number of hydrogen-bond donors (Lipinski definition) is 3. The molecule has 0 bridgehead atoms. The number of primary amides is 1. The first kappa shape index (κ1) is 17.4. The highest BCUT2D eigenvalue weighted by Crippen LogP contribution is 2.17. The number of anilines is 1. The van der Waals surface area contributed by atoms with Crippen LogP contribution in [0.15, 0.2) is 48.5 Å². The van der Waals surface area contributed by atoms with Crippen molar-refractivity contribution in [3.63, 3.8) is 0 Å². The number of hydrogen-bond acceptors (Lipinski definition) is 3. The lowest BCUT2D eigenvalue weighted by molar-refractivity contribution is 0.0991. The van der Waals surface area contributed by atoms with Crippen LogP contribution < -0.4 is 16.4 Å². The van der Waals surface area contributed by atoms with Gasteiger partial charge in [0.15, 0.2) is 0 Å². The first-order chi connectivity index (χ1) is 12.5. The third kappa shape index (κ3) is 3.97. The number of urea groups is 1. The number of nitrogens with two attached hydrogens (primary N) is 1. The molecule has 1 aromatic heterocycles. The molecule has 0 spiro atoms. The van der Waals surface area contributed by atoms with Crippen LogP contribution in [0.25, 0.3) is 10.9 Å². The van der Waals surface area contributed by atoms with Gasteiger partial charge in [-0.25, -0.2) is 9.18 Å². The Morgan fingerprint density at radius 2 is 1.85 bits per heavy atom. The van der Waals surface area contributed by atoms with E-state index in [9.17, 15) is 14.0 Å². The molecule has 3 aromatic rings. The van der Waals surface area contributed by atoms with Crippen LogP contribution in [0, 0.1) is 5.82 Å². The van der Waals surface area contributed by atoms with E-state index < -0.39 is 11.9 Å². The predicted molar refractivity (Wildman–Crippen MR) is 96.3 cm³/mol. The van der Waals surface area contributed by atoms with Crippen molar-refractivity contribution < 1.29 is 14.0 Å². The topological polar surface area (TPSA) is 102 Å². The van der Waals surface area contributed by atoms with Crippen LogP contribution in [0.4, 0.5) is 14.9 Å². The zero-order chi connectivity index (χ0) is 18.5. The molecule has 26 heavy (non-hydrogen) atoms. The molecule has 1 heterocycles. The Balaban J connectivity index is 1.54. The molecule has 4 N–H and O–H groups in total. The summed E-state index contributed by atoms with van der Waals surface area (Å²) in [5, 5.41) is 10.4. The molecule has 0 aliphatic heterocycles. The molecule has 0 atom stereocenters. The molecule has 0 aliphatic carbocycles. The lowest BCUT2D eigenvalue weighted by Gasteiger charge is -2.08. The normalized spacial score (nSPS) is 10.7. The highest BCUT2D eigenvalue weighted by atomic mass is 19.1. The SMILES string of the molecule is NC(=O)c1c2ccccc2nn1CCCNC(=O)Nc1ccc(F)cc1. The molecule has 0 radical (unpaired) electrons. The van der Waals surface area contributed by atoms with Crippen molar-refractivity contribution in [2.24, 2.45) is 5.73 Å². The summed E-state index contributed by atoms with van der Waals surface area (Å²) in [7, 11) is 0. The zero-order valence-electron chi connectivity index (χ0n) is 13.9. The standard InChI is InChI=1S/C18H18FN5O2/c19-12-6-8-13(9-7-12)22-18(26)21-10-3-11-24-16(17(20)25)14-4-1-2-5-15(14)23-24/h1-2,4-9H,3,10-11H2,(H2,20,25)(H2,21,22,26). The van der Waals surface area contributed by atoms with Gasteiger partial charge < -0.3 is 16.4 Å². The van der Waals surface area contributed by atoms with Crippen molar-refractivity contribution in [2.75, 3.05) is 11.9 Å². The molecule has 0 unspecified atom stereocenters. The van der Waals surface area contributed by atoms with E-state index in [0.29, 0.717) is 41.8 Å². The van der Waals surface area contributed by atoms with Crippen molar-refractivity contribution in [3.05, 3.63) is 60.0 Å². The number of carbonyl (C=O) groups is 2. The fourth-order valence-corrected chi connectivity index (χ4v) is 2.64.